The lowest BCUT2D eigenvalue weighted by Crippen LogP contribution is -2.15. The molecule has 0 spiro atoms. The van der Waals surface area contributed by atoms with Crippen molar-refractivity contribution in [2.24, 2.45) is 17.0 Å². The summed E-state index contributed by atoms with van der Waals surface area (Å²) in [5.41, 5.74) is 3.29. The Kier molecular flexibility index (Phi) is 6.67. The molecule has 2 heterocycles. The fraction of sp³-hybridized carbons (Fsp3) is 0.292. The topological polar surface area (TPSA) is 63.8 Å². The first-order chi connectivity index (χ1) is 14.8. The van der Waals surface area contributed by atoms with Crippen LogP contribution in [0.1, 0.15) is 29.9 Å². The number of aromatic nitrogens is 2. The van der Waals surface area contributed by atoms with E-state index >= 15 is 0 Å². The van der Waals surface area contributed by atoms with Crippen LogP contribution in [0.25, 0.3) is 0 Å². The van der Waals surface area contributed by atoms with Crippen molar-refractivity contribution >= 4 is 29.8 Å². The van der Waals surface area contributed by atoms with Crippen LogP contribution in [0, 0.1) is 0 Å². The molecule has 0 bridgehead atoms. The zero-order chi connectivity index (χ0) is 20.6. The third-order valence-corrected chi connectivity index (χ3v) is 5.15. The minimum Gasteiger partial charge on any atom is -0.377 e. The first-order valence-corrected chi connectivity index (χ1v) is 10.3. The molecule has 4 rings (SSSR count). The van der Waals surface area contributed by atoms with Crippen molar-refractivity contribution in [1.29, 1.82) is 0 Å². The maximum Gasteiger partial charge on any atom is 0.178 e. The summed E-state index contributed by atoms with van der Waals surface area (Å²) < 4.78 is 7.72. The Labute approximate surface area is 177 Å². The Morgan fingerprint density at radius 1 is 1.00 bits per heavy atom. The predicted octanol–water partition coefficient (Wildman–Crippen LogP) is 5.03. The second-order valence-electron chi connectivity index (χ2n) is 7.32. The summed E-state index contributed by atoms with van der Waals surface area (Å²) in [5, 5.41) is 8.09. The quantitative estimate of drug-likeness (QED) is 0.512. The normalized spacial score (nSPS) is 13.6. The third-order valence-electron chi connectivity index (χ3n) is 5.15. The highest BCUT2D eigenvalue weighted by molar-refractivity contribution is 5.89. The van der Waals surface area contributed by atoms with Crippen LogP contribution in [0.15, 0.2) is 70.6 Å². The maximum absolute atomic E-state index is 5.94. The Bertz CT molecular complexity index is 995. The molecule has 30 heavy (non-hydrogen) atoms. The molecule has 1 N–H and O–H groups in total. The van der Waals surface area contributed by atoms with Gasteiger partial charge in [-0.15, -0.1) is 0 Å². The Morgan fingerprint density at radius 3 is 2.53 bits per heavy atom. The monoisotopic (exact) mass is 401 g/mol. The number of rotatable bonds is 9. The maximum atomic E-state index is 5.94. The second-order valence-corrected chi connectivity index (χ2v) is 7.32. The average Bonchev–Trinajstić information content (AvgIpc) is 2.95. The van der Waals surface area contributed by atoms with Gasteiger partial charge in [-0.1, -0.05) is 60.7 Å². The predicted molar refractivity (Wildman–Crippen MR) is 123 cm³/mol. The van der Waals surface area contributed by atoms with E-state index in [0.29, 0.717) is 19.1 Å². The first-order valence-electron chi connectivity index (χ1n) is 10.3. The summed E-state index contributed by atoms with van der Waals surface area (Å²) in [4.78, 5) is 9.02. The Morgan fingerprint density at radius 2 is 1.73 bits per heavy atom. The molecule has 1 atom stereocenters. The van der Waals surface area contributed by atoms with Crippen LogP contribution in [0.4, 0.5) is 17.3 Å². The van der Waals surface area contributed by atoms with E-state index in [1.807, 2.05) is 43.7 Å². The van der Waals surface area contributed by atoms with E-state index in [4.69, 9.17) is 4.74 Å². The number of aryl methyl sites for hydroxylation is 1. The third kappa shape index (κ3) is 5.02. The smallest absolute Gasteiger partial charge is 0.178 e. The van der Waals surface area contributed by atoms with Gasteiger partial charge in [0.15, 0.2) is 17.3 Å². The van der Waals surface area contributed by atoms with Crippen LogP contribution >= 0.6 is 0 Å². The van der Waals surface area contributed by atoms with Crippen molar-refractivity contribution in [2.45, 2.75) is 25.4 Å². The van der Waals surface area contributed by atoms with E-state index in [1.54, 1.807) is 4.68 Å². The summed E-state index contributed by atoms with van der Waals surface area (Å²) >= 11 is 0. The first kappa shape index (κ1) is 20.0. The number of nitrogens with zero attached hydrogens (tertiary/aromatic N) is 4. The van der Waals surface area contributed by atoms with Crippen LogP contribution in [-0.2, 0) is 18.4 Å². The largest absolute Gasteiger partial charge is 0.377 e. The number of nitrogens with one attached hydrogen (secondary N) is 1. The summed E-state index contributed by atoms with van der Waals surface area (Å²) in [7, 11) is 1.90. The van der Waals surface area contributed by atoms with E-state index in [2.05, 4.69) is 56.8 Å². The number of anilines is 1. The fourth-order valence-electron chi connectivity index (χ4n) is 3.54. The van der Waals surface area contributed by atoms with Crippen molar-refractivity contribution < 1.29 is 4.74 Å². The molecule has 2 aromatic carbocycles. The molecule has 0 amide bonds. The van der Waals surface area contributed by atoms with Gasteiger partial charge < -0.3 is 10.1 Å². The number of hydrogen-bond donors (Lipinski definition) is 1. The summed E-state index contributed by atoms with van der Waals surface area (Å²) in [6.07, 6.45) is 5.38. The summed E-state index contributed by atoms with van der Waals surface area (Å²) in [5.74, 6) is 1.86. The minimum atomic E-state index is 0.304. The molecule has 1 unspecified atom stereocenters. The zero-order valence-electron chi connectivity index (χ0n) is 17.2. The molecule has 0 radical (unpaired) electrons. The minimum absolute atomic E-state index is 0.304. The number of fused-ring (bicyclic) bond motifs is 1. The number of ether oxygens (including phenoxy) is 1. The van der Waals surface area contributed by atoms with Crippen molar-refractivity contribution in [3.63, 3.8) is 0 Å². The lowest BCUT2D eigenvalue weighted by Gasteiger charge is -2.18. The van der Waals surface area contributed by atoms with Crippen LogP contribution < -0.4 is 5.32 Å². The van der Waals surface area contributed by atoms with Gasteiger partial charge in [-0.2, -0.15) is 5.10 Å². The van der Waals surface area contributed by atoms with E-state index < -0.39 is 0 Å². The van der Waals surface area contributed by atoms with Gasteiger partial charge >= 0.3 is 0 Å². The molecule has 1 aromatic heterocycles. The summed E-state index contributed by atoms with van der Waals surface area (Å²) in [6.45, 7) is 2.08. The highest BCUT2D eigenvalue weighted by atomic mass is 16.5. The molecule has 3 aromatic rings. The van der Waals surface area contributed by atoms with Crippen molar-refractivity contribution in [1.82, 2.24) is 9.78 Å². The SMILES string of the molecule is Cn1nc(NCC(CCOCc2ccccc2)c2ccccc2)c2c1N=CCC=N2. The van der Waals surface area contributed by atoms with Gasteiger partial charge in [-0.3, -0.25) is 4.99 Å². The van der Waals surface area contributed by atoms with Gasteiger partial charge in [0.25, 0.3) is 0 Å². The van der Waals surface area contributed by atoms with Gasteiger partial charge in [0.1, 0.15) is 0 Å². The van der Waals surface area contributed by atoms with E-state index in [9.17, 15) is 0 Å². The Balaban J connectivity index is 1.40. The lowest BCUT2D eigenvalue weighted by molar-refractivity contribution is 0.114. The highest BCUT2D eigenvalue weighted by Crippen LogP contribution is 2.36. The van der Waals surface area contributed by atoms with Gasteiger partial charge in [-0.05, 0) is 17.5 Å². The second kappa shape index (κ2) is 9.98. The van der Waals surface area contributed by atoms with E-state index in [-0.39, 0.29) is 0 Å². The van der Waals surface area contributed by atoms with Gasteiger partial charge in [-0.25, -0.2) is 9.67 Å². The Hall–Kier alpha value is -3.25. The number of benzene rings is 2. The molecular formula is C24H27N5O. The van der Waals surface area contributed by atoms with Crippen LogP contribution in [0.2, 0.25) is 0 Å². The lowest BCUT2D eigenvalue weighted by atomic mass is 9.96. The molecule has 0 saturated heterocycles. The molecule has 154 valence electrons. The molecule has 0 fully saturated rings. The fourth-order valence-corrected chi connectivity index (χ4v) is 3.54. The summed E-state index contributed by atoms with van der Waals surface area (Å²) in [6, 6.07) is 20.8. The van der Waals surface area contributed by atoms with Crippen molar-refractivity contribution in [2.75, 3.05) is 18.5 Å². The van der Waals surface area contributed by atoms with Crippen molar-refractivity contribution in [3.8, 4) is 0 Å². The average molecular weight is 402 g/mol. The standard InChI is InChI=1S/C24H27N5O/c1-29-24-22(25-14-8-15-26-24)23(28-29)27-17-21(20-11-6-3-7-12-20)13-16-30-18-19-9-4-2-5-10-19/h2-7,9-12,14-15,21H,8,13,16-18H2,1H3,(H,27,28). The van der Waals surface area contributed by atoms with Gasteiger partial charge in [0.2, 0.25) is 0 Å². The van der Waals surface area contributed by atoms with Crippen LogP contribution in [0.5, 0.6) is 0 Å². The van der Waals surface area contributed by atoms with E-state index in [0.717, 1.165) is 36.7 Å². The van der Waals surface area contributed by atoms with Crippen molar-refractivity contribution in [3.05, 3.63) is 71.8 Å². The molecule has 0 saturated carbocycles. The molecule has 1 aliphatic heterocycles. The van der Waals surface area contributed by atoms with Gasteiger partial charge in [0, 0.05) is 45.0 Å². The van der Waals surface area contributed by atoms with Gasteiger partial charge in [0.05, 0.1) is 6.61 Å². The molecule has 6 nitrogen and oxygen atoms in total. The van der Waals surface area contributed by atoms with Crippen LogP contribution in [-0.4, -0.2) is 35.4 Å². The molecule has 1 aliphatic rings. The zero-order valence-corrected chi connectivity index (χ0v) is 17.2. The van der Waals surface area contributed by atoms with E-state index in [1.165, 1.54) is 11.1 Å². The highest BCUT2D eigenvalue weighted by Gasteiger charge is 2.18. The molecule has 6 heteroatoms. The number of aliphatic imine (C=N–C) groups is 2. The molecule has 0 aliphatic carbocycles. The van der Waals surface area contributed by atoms with Crippen LogP contribution in [0.3, 0.4) is 0 Å². The molecular weight excluding hydrogens is 374 g/mol. The number of hydrogen-bond acceptors (Lipinski definition) is 5.